The minimum absolute atomic E-state index is 0.188. The molecule has 0 fully saturated rings. The molecule has 0 aromatic carbocycles. The van der Waals surface area contributed by atoms with Gasteiger partial charge in [0.2, 0.25) is 0 Å². The van der Waals surface area contributed by atoms with Crippen LogP contribution in [0.5, 0.6) is 0 Å². The smallest absolute Gasteiger partial charge is 0.328 e. The highest BCUT2D eigenvalue weighted by molar-refractivity contribution is 7.12. The van der Waals surface area contributed by atoms with Crippen molar-refractivity contribution in [2.75, 3.05) is 13.1 Å². The second-order valence-electron chi connectivity index (χ2n) is 3.35. The Kier molecular flexibility index (Phi) is 5.27. The lowest BCUT2D eigenvalue weighted by molar-refractivity contribution is -0.131. The molecule has 6 nitrogen and oxygen atoms in total. The van der Waals surface area contributed by atoms with E-state index in [1.54, 1.807) is 11.4 Å². The average molecular weight is 275 g/mol. The number of carboxylic acids is 1. The standard InChI is InChI=1S/C12H9N3O3S/c13-4-6-15(7-5-14)12(18)11-9(3-8-19-11)1-2-10(16)17/h1-3,8H,6-7H2,(H,16,17)/b2-1+. The van der Waals surface area contributed by atoms with Crippen LogP contribution in [0.4, 0.5) is 0 Å². The van der Waals surface area contributed by atoms with E-state index in [-0.39, 0.29) is 13.1 Å². The molecule has 7 heteroatoms. The van der Waals surface area contributed by atoms with E-state index >= 15 is 0 Å². The molecular weight excluding hydrogens is 266 g/mol. The van der Waals surface area contributed by atoms with Crippen molar-refractivity contribution in [3.05, 3.63) is 28.0 Å². The predicted octanol–water partition coefficient (Wildman–Crippen LogP) is 1.34. The van der Waals surface area contributed by atoms with Crippen molar-refractivity contribution in [1.29, 1.82) is 10.5 Å². The van der Waals surface area contributed by atoms with Gasteiger partial charge in [0.15, 0.2) is 0 Å². The quantitative estimate of drug-likeness (QED) is 0.644. The topological polar surface area (TPSA) is 105 Å². The molecular formula is C12H9N3O3S. The summed E-state index contributed by atoms with van der Waals surface area (Å²) in [7, 11) is 0. The van der Waals surface area contributed by atoms with E-state index in [4.69, 9.17) is 15.6 Å². The van der Waals surface area contributed by atoms with E-state index in [2.05, 4.69) is 0 Å². The monoisotopic (exact) mass is 275 g/mol. The van der Waals surface area contributed by atoms with Crippen molar-refractivity contribution >= 4 is 29.3 Å². The Labute approximate surface area is 113 Å². The van der Waals surface area contributed by atoms with E-state index in [0.717, 1.165) is 22.3 Å². The van der Waals surface area contributed by atoms with Gasteiger partial charge in [-0.3, -0.25) is 4.79 Å². The molecule has 0 aliphatic rings. The minimum atomic E-state index is -1.12. The first kappa shape index (κ1) is 14.4. The van der Waals surface area contributed by atoms with Crippen LogP contribution in [-0.2, 0) is 4.79 Å². The lowest BCUT2D eigenvalue weighted by Crippen LogP contribution is -2.31. The molecule has 0 aliphatic heterocycles. The van der Waals surface area contributed by atoms with Crippen molar-refractivity contribution in [2.45, 2.75) is 0 Å². The second kappa shape index (κ2) is 6.94. The molecule has 0 spiro atoms. The number of amides is 1. The van der Waals surface area contributed by atoms with E-state index < -0.39 is 11.9 Å². The Bertz CT molecular complexity index is 576. The fraction of sp³-hybridized carbons (Fsp3) is 0.167. The van der Waals surface area contributed by atoms with Gasteiger partial charge in [-0.25, -0.2) is 4.79 Å². The number of carbonyl (C=O) groups is 2. The third kappa shape index (κ3) is 3.95. The summed E-state index contributed by atoms with van der Waals surface area (Å²) >= 11 is 1.14. The maximum absolute atomic E-state index is 12.1. The Morgan fingerprint density at radius 2 is 2.00 bits per heavy atom. The highest BCUT2D eigenvalue weighted by Crippen LogP contribution is 2.20. The summed E-state index contributed by atoms with van der Waals surface area (Å²) in [5, 5.41) is 27.4. The fourth-order valence-electron chi connectivity index (χ4n) is 1.30. The zero-order valence-corrected chi connectivity index (χ0v) is 10.6. The number of aliphatic carboxylic acids is 1. The molecule has 0 radical (unpaired) electrons. The van der Waals surface area contributed by atoms with Gasteiger partial charge in [-0.15, -0.1) is 11.3 Å². The normalized spacial score (nSPS) is 9.79. The third-order valence-corrected chi connectivity index (χ3v) is 3.02. The van der Waals surface area contributed by atoms with Crippen LogP contribution < -0.4 is 0 Å². The number of carboxylic acid groups (broad SMARTS) is 1. The molecule has 96 valence electrons. The Morgan fingerprint density at radius 1 is 1.37 bits per heavy atom. The van der Waals surface area contributed by atoms with Gasteiger partial charge in [-0.05, 0) is 23.1 Å². The summed E-state index contributed by atoms with van der Waals surface area (Å²) in [6, 6.07) is 5.23. The van der Waals surface area contributed by atoms with Crippen LogP contribution in [0.25, 0.3) is 6.08 Å². The number of carbonyl (C=O) groups excluding carboxylic acids is 1. The van der Waals surface area contributed by atoms with Crippen molar-refractivity contribution in [3.63, 3.8) is 0 Å². The van der Waals surface area contributed by atoms with Crippen LogP contribution in [-0.4, -0.2) is 35.0 Å². The molecule has 1 rings (SSSR count). The van der Waals surface area contributed by atoms with E-state index in [9.17, 15) is 9.59 Å². The fourth-order valence-corrected chi connectivity index (χ4v) is 2.15. The molecule has 1 amide bonds. The van der Waals surface area contributed by atoms with Gasteiger partial charge in [0.05, 0.1) is 17.0 Å². The van der Waals surface area contributed by atoms with Gasteiger partial charge in [-0.1, -0.05) is 0 Å². The van der Waals surface area contributed by atoms with Gasteiger partial charge in [0.25, 0.3) is 5.91 Å². The number of rotatable bonds is 5. The van der Waals surface area contributed by atoms with Crippen LogP contribution in [0.1, 0.15) is 15.2 Å². The number of nitrogens with zero attached hydrogens (tertiary/aromatic N) is 3. The lowest BCUT2D eigenvalue weighted by Gasteiger charge is -2.14. The van der Waals surface area contributed by atoms with Crippen LogP contribution in [0, 0.1) is 22.7 Å². The molecule has 1 N–H and O–H groups in total. The van der Waals surface area contributed by atoms with Gasteiger partial charge >= 0.3 is 5.97 Å². The molecule has 0 aliphatic carbocycles. The molecule has 1 aromatic rings. The predicted molar refractivity (Wildman–Crippen MR) is 68.1 cm³/mol. The first-order chi connectivity index (χ1) is 9.10. The van der Waals surface area contributed by atoms with Crippen LogP contribution >= 0.6 is 11.3 Å². The number of thiophene rings is 1. The summed E-state index contributed by atoms with van der Waals surface area (Å²) < 4.78 is 0. The molecule has 0 saturated heterocycles. The van der Waals surface area contributed by atoms with Gasteiger partial charge in [0.1, 0.15) is 13.1 Å². The maximum atomic E-state index is 12.1. The van der Waals surface area contributed by atoms with Crippen LogP contribution in [0.3, 0.4) is 0 Å². The van der Waals surface area contributed by atoms with Crippen LogP contribution in [0.15, 0.2) is 17.5 Å². The van der Waals surface area contributed by atoms with Gasteiger partial charge in [0, 0.05) is 6.08 Å². The average Bonchev–Trinajstić information content (AvgIpc) is 2.83. The maximum Gasteiger partial charge on any atom is 0.328 e. The van der Waals surface area contributed by atoms with Crippen molar-refractivity contribution in [1.82, 2.24) is 4.90 Å². The highest BCUT2D eigenvalue weighted by atomic mass is 32.1. The summed E-state index contributed by atoms with van der Waals surface area (Å²) in [5.74, 6) is -1.57. The van der Waals surface area contributed by atoms with Crippen molar-refractivity contribution in [3.8, 4) is 12.1 Å². The lowest BCUT2D eigenvalue weighted by atomic mass is 10.2. The minimum Gasteiger partial charge on any atom is -0.478 e. The van der Waals surface area contributed by atoms with Crippen molar-refractivity contribution in [2.24, 2.45) is 0 Å². The molecule has 0 atom stereocenters. The molecule has 0 unspecified atom stereocenters. The van der Waals surface area contributed by atoms with Crippen LogP contribution in [0.2, 0.25) is 0 Å². The first-order valence-electron chi connectivity index (χ1n) is 5.11. The summed E-state index contributed by atoms with van der Waals surface area (Å²) in [6.45, 7) is -0.376. The molecule has 0 bridgehead atoms. The van der Waals surface area contributed by atoms with Gasteiger partial charge < -0.3 is 10.0 Å². The third-order valence-electron chi connectivity index (χ3n) is 2.11. The SMILES string of the molecule is N#CCN(CC#N)C(=O)c1sccc1/C=C/C(=O)O. The number of hydrogen-bond acceptors (Lipinski definition) is 5. The van der Waals surface area contributed by atoms with Gasteiger partial charge in [-0.2, -0.15) is 10.5 Å². The summed E-state index contributed by atoms with van der Waals surface area (Å²) in [4.78, 5) is 24.0. The second-order valence-corrected chi connectivity index (χ2v) is 4.27. The molecule has 1 aromatic heterocycles. The first-order valence-corrected chi connectivity index (χ1v) is 5.99. The van der Waals surface area contributed by atoms with Crippen molar-refractivity contribution < 1.29 is 14.7 Å². The van der Waals surface area contributed by atoms with E-state index in [0.29, 0.717) is 10.4 Å². The summed E-state index contributed by atoms with van der Waals surface area (Å²) in [6.07, 6.45) is 2.24. The number of hydrogen-bond donors (Lipinski definition) is 1. The number of nitriles is 2. The largest absolute Gasteiger partial charge is 0.478 e. The Hall–Kier alpha value is -2.64. The van der Waals surface area contributed by atoms with E-state index in [1.807, 2.05) is 12.1 Å². The zero-order chi connectivity index (χ0) is 14.3. The zero-order valence-electron chi connectivity index (χ0n) is 9.74. The highest BCUT2D eigenvalue weighted by Gasteiger charge is 2.19. The summed E-state index contributed by atoms with van der Waals surface area (Å²) in [5.41, 5.74) is 0.457. The van der Waals surface area contributed by atoms with E-state index in [1.165, 1.54) is 6.08 Å². The Balaban J connectivity index is 3.00. The molecule has 1 heterocycles. The molecule has 0 saturated carbocycles. The Morgan fingerprint density at radius 3 is 2.53 bits per heavy atom. The molecule has 19 heavy (non-hydrogen) atoms.